The van der Waals surface area contributed by atoms with Crippen molar-refractivity contribution in [1.29, 1.82) is 0 Å². The van der Waals surface area contributed by atoms with Gasteiger partial charge in [0.2, 0.25) is 0 Å². The van der Waals surface area contributed by atoms with Crippen molar-refractivity contribution in [2.75, 3.05) is 39.8 Å². The molecule has 29 heavy (non-hydrogen) atoms. The number of nitrogens with zero attached hydrogens (tertiary/aromatic N) is 3. The van der Waals surface area contributed by atoms with Gasteiger partial charge in [0, 0.05) is 58.4 Å². The molecule has 2 aliphatic heterocycles. The third-order valence-corrected chi connectivity index (χ3v) is 6.01. The molecule has 2 aliphatic rings. The van der Waals surface area contributed by atoms with Crippen molar-refractivity contribution in [3.63, 3.8) is 0 Å². The summed E-state index contributed by atoms with van der Waals surface area (Å²) < 4.78 is 5.65. The lowest BCUT2D eigenvalue weighted by Crippen LogP contribution is -2.49. The van der Waals surface area contributed by atoms with E-state index in [1.165, 1.54) is 24.0 Å². The lowest BCUT2D eigenvalue weighted by atomic mass is 10.0. The second-order valence-electron chi connectivity index (χ2n) is 8.71. The zero-order valence-corrected chi connectivity index (χ0v) is 18.7. The Bertz CT molecular complexity index is 654. The summed E-state index contributed by atoms with van der Waals surface area (Å²) >= 11 is 0. The molecule has 0 radical (unpaired) electrons. The van der Waals surface area contributed by atoms with E-state index in [0.717, 1.165) is 51.8 Å². The van der Waals surface area contributed by atoms with Crippen molar-refractivity contribution in [2.45, 2.75) is 64.9 Å². The topological polar surface area (TPSA) is 52.1 Å². The lowest BCUT2D eigenvalue weighted by molar-refractivity contribution is -0.0212. The van der Waals surface area contributed by atoms with Gasteiger partial charge < -0.3 is 20.3 Å². The Morgan fingerprint density at radius 2 is 1.97 bits per heavy atom. The van der Waals surface area contributed by atoms with E-state index in [1.54, 1.807) is 0 Å². The van der Waals surface area contributed by atoms with Gasteiger partial charge in [-0.1, -0.05) is 24.3 Å². The van der Waals surface area contributed by atoms with Gasteiger partial charge in [0.15, 0.2) is 5.96 Å². The van der Waals surface area contributed by atoms with Crippen LogP contribution in [-0.2, 0) is 17.8 Å². The molecule has 0 aromatic heterocycles. The maximum Gasteiger partial charge on any atom is 0.191 e. The summed E-state index contributed by atoms with van der Waals surface area (Å²) in [6.07, 6.45) is 2.67. The molecule has 0 saturated carbocycles. The Kier molecular flexibility index (Phi) is 8.33. The van der Waals surface area contributed by atoms with Crippen molar-refractivity contribution < 1.29 is 4.74 Å². The molecular weight excluding hydrogens is 362 g/mol. The maximum absolute atomic E-state index is 5.65. The molecule has 1 atom stereocenters. The lowest BCUT2D eigenvalue weighted by Gasteiger charge is -2.35. The number of rotatable bonds is 6. The van der Waals surface area contributed by atoms with Crippen LogP contribution in [0, 0.1) is 0 Å². The van der Waals surface area contributed by atoms with E-state index >= 15 is 0 Å². The number of likely N-dealkylation sites (tertiary alicyclic amines) is 1. The fraction of sp³-hybridized carbons (Fsp3) is 0.696. The van der Waals surface area contributed by atoms with Crippen LogP contribution in [0.3, 0.4) is 0 Å². The average Bonchev–Trinajstić information content (AvgIpc) is 2.72. The van der Waals surface area contributed by atoms with Gasteiger partial charge in [0.05, 0.1) is 12.7 Å². The van der Waals surface area contributed by atoms with Crippen LogP contribution in [-0.4, -0.2) is 73.8 Å². The quantitative estimate of drug-likeness (QED) is 0.566. The summed E-state index contributed by atoms with van der Waals surface area (Å²) in [5.41, 5.74) is 2.66. The van der Waals surface area contributed by atoms with Crippen molar-refractivity contribution in [2.24, 2.45) is 4.99 Å². The van der Waals surface area contributed by atoms with Crippen LogP contribution in [0.2, 0.25) is 0 Å². The molecule has 1 unspecified atom stereocenters. The van der Waals surface area contributed by atoms with Gasteiger partial charge in [-0.25, -0.2) is 0 Å². The van der Waals surface area contributed by atoms with Crippen molar-refractivity contribution in [3.8, 4) is 0 Å². The Morgan fingerprint density at radius 1 is 1.21 bits per heavy atom. The fourth-order valence-electron chi connectivity index (χ4n) is 4.26. The van der Waals surface area contributed by atoms with Gasteiger partial charge in [0.25, 0.3) is 0 Å². The largest absolute Gasteiger partial charge is 0.376 e. The van der Waals surface area contributed by atoms with Crippen LogP contribution < -0.4 is 10.6 Å². The number of nitrogens with one attached hydrogen (secondary N) is 2. The van der Waals surface area contributed by atoms with E-state index in [9.17, 15) is 0 Å². The third kappa shape index (κ3) is 6.98. The second kappa shape index (κ2) is 11.0. The summed E-state index contributed by atoms with van der Waals surface area (Å²) in [7, 11) is 1.86. The maximum atomic E-state index is 5.65. The fourth-order valence-corrected chi connectivity index (χ4v) is 4.26. The molecule has 2 fully saturated rings. The highest BCUT2D eigenvalue weighted by molar-refractivity contribution is 5.79. The first-order valence-electron chi connectivity index (χ1n) is 11.2. The van der Waals surface area contributed by atoms with Crippen molar-refractivity contribution >= 4 is 5.96 Å². The summed E-state index contributed by atoms with van der Waals surface area (Å²) in [4.78, 5) is 9.46. The highest BCUT2D eigenvalue weighted by atomic mass is 16.5. The minimum Gasteiger partial charge on any atom is -0.376 e. The first-order valence-corrected chi connectivity index (χ1v) is 11.2. The number of aliphatic imine (C=N–C) groups is 1. The van der Waals surface area contributed by atoms with Crippen LogP contribution in [0.1, 0.15) is 44.7 Å². The van der Waals surface area contributed by atoms with Crippen molar-refractivity contribution in [3.05, 3.63) is 35.4 Å². The van der Waals surface area contributed by atoms with Crippen LogP contribution in [0.15, 0.2) is 29.3 Å². The van der Waals surface area contributed by atoms with Gasteiger partial charge in [-0.2, -0.15) is 0 Å². The van der Waals surface area contributed by atoms with Crippen molar-refractivity contribution in [1.82, 2.24) is 20.4 Å². The molecule has 1 aromatic carbocycles. The number of hydrogen-bond acceptors (Lipinski definition) is 4. The van der Waals surface area contributed by atoms with Gasteiger partial charge in [-0.15, -0.1) is 0 Å². The average molecular weight is 402 g/mol. The van der Waals surface area contributed by atoms with Crippen LogP contribution >= 0.6 is 0 Å². The van der Waals surface area contributed by atoms with Gasteiger partial charge in [-0.05, 0) is 44.7 Å². The van der Waals surface area contributed by atoms with E-state index in [2.05, 4.69) is 70.5 Å². The molecule has 6 nitrogen and oxygen atoms in total. The highest BCUT2D eigenvalue weighted by Gasteiger charge is 2.21. The van der Waals surface area contributed by atoms with Gasteiger partial charge in [-0.3, -0.25) is 9.89 Å². The SMILES string of the molecule is CN=C(NCc1cccc(CN2CCOC(C)C2)c1)NC1CCN(C(C)C)CC1. The number of hydrogen-bond donors (Lipinski definition) is 2. The zero-order valence-electron chi connectivity index (χ0n) is 18.7. The molecular formula is C23H39N5O. The van der Waals surface area contributed by atoms with Crippen LogP contribution in [0.5, 0.6) is 0 Å². The number of benzene rings is 1. The number of piperidine rings is 1. The number of ether oxygens (including phenoxy) is 1. The van der Waals surface area contributed by atoms with Crippen LogP contribution in [0.25, 0.3) is 0 Å². The molecule has 2 heterocycles. The Balaban J connectivity index is 1.46. The number of guanidine groups is 1. The molecule has 0 bridgehead atoms. The second-order valence-corrected chi connectivity index (χ2v) is 8.71. The van der Waals surface area contributed by atoms with E-state index in [0.29, 0.717) is 18.2 Å². The minimum atomic E-state index is 0.329. The standard InChI is InChI=1S/C23H39N5O/c1-18(2)28-10-8-22(9-11-28)26-23(24-4)25-15-20-6-5-7-21(14-20)17-27-12-13-29-19(3)16-27/h5-7,14,18-19,22H,8-13,15-17H2,1-4H3,(H2,24,25,26). The summed E-state index contributed by atoms with van der Waals surface area (Å²) in [5.74, 6) is 0.903. The normalized spacial score (nSPS) is 22.8. The molecule has 0 spiro atoms. The van der Waals surface area contributed by atoms with E-state index < -0.39 is 0 Å². The van der Waals surface area contributed by atoms with Crippen LogP contribution in [0.4, 0.5) is 0 Å². The third-order valence-electron chi connectivity index (χ3n) is 6.01. The van der Waals surface area contributed by atoms with E-state index in [-0.39, 0.29) is 0 Å². The Hall–Kier alpha value is -1.63. The molecule has 0 amide bonds. The summed E-state index contributed by atoms with van der Waals surface area (Å²) in [6.45, 7) is 13.7. The predicted octanol–water partition coefficient (Wildman–Crippen LogP) is 2.45. The smallest absolute Gasteiger partial charge is 0.191 e. The molecule has 2 N–H and O–H groups in total. The molecule has 1 aromatic rings. The predicted molar refractivity (Wildman–Crippen MR) is 120 cm³/mol. The molecule has 6 heteroatoms. The zero-order chi connectivity index (χ0) is 20.6. The summed E-state index contributed by atoms with van der Waals surface area (Å²) in [5, 5.41) is 7.11. The van der Waals surface area contributed by atoms with Gasteiger partial charge >= 0.3 is 0 Å². The molecule has 3 rings (SSSR count). The monoisotopic (exact) mass is 401 g/mol. The minimum absolute atomic E-state index is 0.329. The van der Waals surface area contributed by atoms with E-state index in [4.69, 9.17) is 4.74 Å². The number of morpholine rings is 1. The molecule has 162 valence electrons. The summed E-state index contributed by atoms with van der Waals surface area (Å²) in [6, 6.07) is 10.0. The first-order chi connectivity index (χ1) is 14.0. The Morgan fingerprint density at radius 3 is 2.66 bits per heavy atom. The first kappa shape index (κ1) is 22.1. The molecule has 2 saturated heterocycles. The Labute approximate surface area is 176 Å². The molecule has 0 aliphatic carbocycles. The highest BCUT2D eigenvalue weighted by Crippen LogP contribution is 2.14. The van der Waals surface area contributed by atoms with E-state index in [1.807, 2.05) is 7.05 Å². The van der Waals surface area contributed by atoms with Gasteiger partial charge in [0.1, 0.15) is 0 Å².